The van der Waals surface area contributed by atoms with E-state index in [1.165, 1.54) is 12.2 Å². The SMILES string of the molecule is CCC(C(=O)O)N(C)C1CCCSC1. The van der Waals surface area contributed by atoms with Crippen molar-refractivity contribution >= 4 is 17.7 Å². The van der Waals surface area contributed by atoms with E-state index in [1.54, 1.807) is 0 Å². The van der Waals surface area contributed by atoms with Gasteiger partial charge in [-0.3, -0.25) is 9.69 Å². The van der Waals surface area contributed by atoms with Gasteiger partial charge in [-0.05, 0) is 32.1 Å². The fourth-order valence-corrected chi connectivity index (χ4v) is 3.15. The third-order valence-electron chi connectivity index (χ3n) is 2.88. The van der Waals surface area contributed by atoms with Gasteiger partial charge in [-0.1, -0.05) is 6.92 Å². The maximum atomic E-state index is 11.0. The number of carboxylic acids is 1. The monoisotopic (exact) mass is 217 g/mol. The summed E-state index contributed by atoms with van der Waals surface area (Å²) in [6.45, 7) is 1.94. The molecule has 1 fully saturated rings. The van der Waals surface area contributed by atoms with Crippen LogP contribution in [0.15, 0.2) is 0 Å². The molecule has 0 amide bonds. The van der Waals surface area contributed by atoms with Gasteiger partial charge in [-0.2, -0.15) is 11.8 Å². The molecular formula is C10H19NO2S. The molecule has 3 nitrogen and oxygen atoms in total. The molecule has 0 aromatic rings. The number of hydrogen-bond donors (Lipinski definition) is 1. The molecule has 1 N–H and O–H groups in total. The van der Waals surface area contributed by atoms with E-state index in [1.807, 2.05) is 30.6 Å². The van der Waals surface area contributed by atoms with Crippen LogP contribution in [-0.2, 0) is 4.79 Å². The lowest BCUT2D eigenvalue weighted by Crippen LogP contribution is -2.46. The molecule has 1 saturated heterocycles. The number of carbonyl (C=O) groups is 1. The van der Waals surface area contributed by atoms with Crippen molar-refractivity contribution in [2.24, 2.45) is 0 Å². The maximum Gasteiger partial charge on any atom is 0.320 e. The maximum absolute atomic E-state index is 11.0. The van der Waals surface area contributed by atoms with Crippen LogP contribution in [0.3, 0.4) is 0 Å². The number of nitrogens with zero attached hydrogens (tertiary/aromatic N) is 1. The van der Waals surface area contributed by atoms with Gasteiger partial charge in [-0.25, -0.2) is 0 Å². The van der Waals surface area contributed by atoms with E-state index in [0.717, 1.165) is 12.2 Å². The molecular weight excluding hydrogens is 198 g/mol. The average Bonchev–Trinajstić information content (AvgIpc) is 2.19. The van der Waals surface area contributed by atoms with Gasteiger partial charge in [0.2, 0.25) is 0 Å². The molecule has 1 rings (SSSR count). The Morgan fingerprint density at radius 2 is 2.43 bits per heavy atom. The quantitative estimate of drug-likeness (QED) is 0.778. The fourth-order valence-electron chi connectivity index (χ4n) is 1.94. The van der Waals surface area contributed by atoms with Gasteiger partial charge in [0.15, 0.2) is 0 Å². The van der Waals surface area contributed by atoms with E-state index < -0.39 is 5.97 Å². The lowest BCUT2D eigenvalue weighted by molar-refractivity contribution is -0.143. The minimum atomic E-state index is -0.689. The Morgan fingerprint density at radius 1 is 1.71 bits per heavy atom. The smallest absolute Gasteiger partial charge is 0.320 e. The van der Waals surface area contributed by atoms with Crippen LogP contribution < -0.4 is 0 Å². The highest BCUT2D eigenvalue weighted by molar-refractivity contribution is 7.99. The summed E-state index contributed by atoms with van der Waals surface area (Å²) in [5.41, 5.74) is 0. The molecule has 1 heterocycles. The molecule has 0 saturated carbocycles. The number of hydrogen-bond acceptors (Lipinski definition) is 3. The van der Waals surface area contributed by atoms with Crippen molar-refractivity contribution in [3.8, 4) is 0 Å². The van der Waals surface area contributed by atoms with Crippen LogP contribution in [0.1, 0.15) is 26.2 Å². The van der Waals surface area contributed by atoms with Gasteiger partial charge in [0.25, 0.3) is 0 Å². The van der Waals surface area contributed by atoms with Gasteiger partial charge in [0.05, 0.1) is 0 Å². The lowest BCUT2D eigenvalue weighted by Gasteiger charge is -2.34. The van der Waals surface area contributed by atoms with E-state index in [2.05, 4.69) is 0 Å². The second-order valence-corrected chi connectivity index (χ2v) is 4.95. The predicted molar refractivity (Wildman–Crippen MR) is 59.8 cm³/mol. The molecule has 0 aromatic carbocycles. The van der Waals surface area contributed by atoms with Gasteiger partial charge in [-0.15, -0.1) is 0 Å². The third kappa shape index (κ3) is 2.89. The largest absolute Gasteiger partial charge is 0.480 e. The Balaban J connectivity index is 2.51. The zero-order valence-electron chi connectivity index (χ0n) is 8.90. The second kappa shape index (κ2) is 5.61. The van der Waals surface area contributed by atoms with Crippen molar-refractivity contribution in [3.05, 3.63) is 0 Å². The Bertz CT molecular complexity index is 193. The Morgan fingerprint density at radius 3 is 2.86 bits per heavy atom. The predicted octanol–water partition coefficient (Wildman–Crippen LogP) is 1.68. The highest BCUT2D eigenvalue weighted by Crippen LogP contribution is 2.22. The second-order valence-electron chi connectivity index (χ2n) is 3.80. The minimum Gasteiger partial charge on any atom is -0.480 e. The van der Waals surface area contributed by atoms with Crippen molar-refractivity contribution < 1.29 is 9.90 Å². The van der Waals surface area contributed by atoms with Gasteiger partial charge < -0.3 is 5.11 Å². The molecule has 1 aliphatic rings. The van der Waals surface area contributed by atoms with Crippen LogP contribution in [-0.4, -0.2) is 46.6 Å². The average molecular weight is 217 g/mol. The summed E-state index contributed by atoms with van der Waals surface area (Å²) < 4.78 is 0. The molecule has 4 heteroatoms. The zero-order chi connectivity index (χ0) is 10.6. The Labute approximate surface area is 89.9 Å². The number of rotatable bonds is 4. The van der Waals surface area contributed by atoms with Gasteiger partial charge >= 0.3 is 5.97 Å². The Hall–Kier alpha value is -0.220. The number of likely N-dealkylation sites (N-methyl/N-ethyl adjacent to an activating group) is 1. The first-order valence-corrected chi connectivity index (χ1v) is 6.34. The molecule has 14 heavy (non-hydrogen) atoms. The molecule has 2 atom stereocenters. The van der Waals surface area contributed by atoms with Crippen LogP contribution in [0.2, 0.25) is 0 Å². The molecule has 82 valence electrons. The van der Waals surface area contributed by atoms with Crippen LogP contribution in [0.5, 0.6) is 0 Å². The molecule has 2 unspecified atom stereocenters. The van der Waals surface area contributed by atoms with Crippen molar-refractivity contribution in [2.45, 2.75) is 38.3 Å². The summed E-state index contributed by atoms with van der Waals surface area (Å²) in [5, 5.41) is 9.03. The summed E-state index contributed by atoms with van der Waals surface area (Å²) >= 11 is 1.94. The van der Waals surface area contributed by atoms with E-state index in [4.69, 9.17) is 5.11 Å². The Kier molecular flexibility index (Phi) is 4.75. The van der Waals surface area contributed by atoms with Crippen molar-refractivity contribution in [2.75, 3.05) is 18.6 Å². The highest BCUT2D eigenvalue weighted by Gasteiger charge is 2.27. The summed E-state index contributed by atoms with van der Waals surface area (Å²) in [4.78, 5) is 13.0. The topological polar surface area (TPSA) is 40.5 Å². The number of thioether (sulfide) groups is 1. The minimum absolute atomic E-state index is 0.307. The summed E-state index contributed by atoms with van der Waals surface area (Å²) in [6.07, 6.45) is 3.05. The fraction of sp³-hybridized carbons (Fsp3) is 0.900. The van der Waals surface area contributed by atoms with Crippen LogP contribution in [0.4, 0.5) is 0 Å². The van der Waals surface area contributed by atoms with Crippen LogP contribution in [0, 0.1) is 0 Å². The van der Waals surface area contributed by atoms with Crippen LogP contribution in [0.25, 0.3) is 0 Å². The molecule has 0 aromatic heterocycles. The first kappa shape index (κ1) is 11.9. The van der Waals surface area contributed by atoms with Crippen molar-refractivity contribution in [3.63, 3.8) is 0 Å². The molecule has 0 radical (unpaired) electrons. The lowest BCUT2D eigenvalue weighted by atomic mass is 10.1. The van der Waals surface area contributed by atoms with Crippen molar-refractivity contribution in [1.29, 1.82) is 0 Å². The molecule has 0 aliphatic carbocycles. The molecule has 0 bridgehead atoms. The van der Waals surface area contributed by atoms with Gasteiger partial charge in [0, 0.05) is 11.8 Å². The standard InChI is InChI=1S/C10H19NO2S/c1-3-9(10(12)13)11(2)8-5-4-6-14-7-8/h8-9H,3-7H2,1-2H3,(H,12,13). The van der Waals surface area contributed by atoms with Crippen LogP contribution >= 0.6 is 11.8 Å². The van der Waals surface area contributed by atoms with Crippen molar-refractivity contribution in [1.82, 2.24) is 4.90 Å². The number of carboxylic acid groups (broad SMARTS) is 1. The molecule has 0 spiro atoms. The van der Waals surface area contributed by atoms with E-state index in [-0.39, 0.29) is 6.04 Å². The first-order valence-electron chi connectivity index (χ1n) is 5.19. The third-order valence-corrected chi connectivity index (χ3v) is 4.07. The van der Waals surface area contributed by atoms with E-state index in [0.29, 0.717) is 12.5 Å². The summed E-state index contributed by atoms with van der Waals surface area (Å²) in [7, 11) is 1.94. The summed E-state index contributed by atoms with van der Waals surface area (Å²) in [6, 6.07) is 0.147. The normalized spacial score (nSPS) is 24.9. The number of aliphatic carboxylic acids is 1. The molecule has 1 aliphatic heterocycles. The first-order chi connectivity index (χ1) is 6.66. The van der Waals surface area contributed by atoms with E-state index in [9.17, 15) is 4.79 Å². The summed E-state index contributed by atoms with van der Waals surface area (Å²) in [5.74, 6) is 1.62. The highest BCUT2D eigenvalue weighted by atomic mass is 32.2. The van der Waals surface area contributed by atoms with E-state index >= 15 is 0 Å². The zero-order valence-corrected chi connectivity index (χ0v) is 9.72. The van der Waals surface area contributed by atoms with Gasteiger partial charge in [0.1, 0.15) is 6.04 Å².